The van der Waals surface area contributed by atoms with Gasteiger partial charge in [0.15, 0.2) is 11.6 Å². The van der Waals surface area contributed by atoms with Crippen LogP contribution in [0.5, 0.6) is 0 Å². The summed E-state index contributed by atoms with van der Waals surface area (Å²) in [6, 6.07) is 2.80. The van der Waals surface area contributed by atoms with Gasteiger partial charge in [-0.05, 0) is 31.0 Å². The largest absolute Gasteiger partial charge is 0.315 e. The molecule has 2 unspecified atom stereocenters. The monoisotopic (exact) mass is 290 g/mol. The van der Waals surface area contributed by atoms with E-state index < -0.39 is 26.6 Å². The summed E-state index contributed by atoms with van der Waals surface area (Å²) in [7, 11) is -4.05. The Morgan fingerprint density at radius 1 is 1.37 bits per heavy atom. The van der Waals surface area contributed by atoms with Crippen LogP contribution in [0.15, 0.2) is 23.1 Å². The Balaban J connectivity index is 2.25. The molecule has 0 radical (unpaired) electrons. The van der Waals surface area contributed by atoms with E-state index in [-0.39, 0.29) is 12.0 Å². The maximum absolute atomic E-state index is 13.5. The highest BCUT2D eigenvalue weighted by Crippen LogP contribution is 2.19. The second-order valence-electron chi connectivity index (χ2n) is 4.75. The molecule has 1 aromatic rings. The molecule has 1 fully saturated rings. The van der Waals surface area contributed by atoms with Crippen LogP contribution < -0.4 is 10.0 Å². The molecule has 7 heteroatoms. The van der Waals surface area contributed by atoms with E-state index in [9.17, 15) is 17.2 Å². The molecule has 0 amide bonds. The third-order valence-electron chi connectivity index (χ3n) is 3.34. The second-order valence-corrected chi connectivity index (χ2v) is 6.43. The number of hydrogen-bond acceptors (Lipinski definition) is 3. The molecule has 1 aliphatic heterocycles. The summed E-state index contributed by atoms with van der Waals surface area (Å²) in [5.41, 5.74) is 0. The van der Waals surface area contributed by atoms with Gasteiger partial charge in [-0.3, -0.25) is 0 Å². The van der Waals surface area contributed by atoms with Crippen LogP contribution in [0.1, 0.15) is 13.3 Å². The van der Waals surface area contributed by atoms with Crippen LogP contribution in [0.25, 0.3) is 0 Å². The van der Waals surface area contributed by atoms with Gasteiger partial charge in [-0.15, -0.1) is 0 Å². The van der Waals surface area contributed by atoms with Crippen LogP contribution in [-0.2, 0) is 10.0 Å². The topological polar surface area (TPSA) is 58.2 Å². The highest BCUT2D eigenvalue weighted by Gasteiger charge is 2.29. The van der Waals surface area contributed by atoms with Gasteiger partial charge in [0.05, 0.1) is 0 Å². The van der Waals surface area contributed by atoms with E-state index in [0.717, 1.165) is 25.1 Å². The smallest absolute Gasteiger partial charge is 0.243 e. The number of rotatable bonds is 3. The molecule has 2 N–H and O–H groups in total. The maximum atomic E-state index is 13.5. The summed E-state index contributed by atoms with van der Waals surface area (Å²) in [4.78, 5) is -0.648. The van der Waals surface area contributed by atoms with E-state index >= 15 is 0 Å². The molecule has 1 heterocycles. The third-order valence-corrected chi connectivity index (χ3v) is 4.85. The quantitative estimate of drug-likeness (QED) is 0.880. The lowest BCUT2D eigenvalue weighted by Gasteiger charge is -2.30. The Hall–Kier alpha value is -1.05. The molecule has 106 valence electrons. The lowest BCUT2D eigenvalue weighted by atomic mass is 9.96. The zero-order chi connectivity index (χ0) is 14.0. The van der Waals surface area contributed by atoms with Gasteiger partial charge in [0.25, 0.3) is 0 Å². The highest BCUT2D eigenvalue weighted by molar-refractivity contribution is 7.89. The van der Waals surface area contributed by atoms with Crippen molar-refractivity contribution in [2.45, 2.75) is 24.3 Å². The summed E-state index contributed by atoms with van der Waals surface area (Å²) in [6.07, 6.45) is 0.832. The van der Waals surface area contributed by atoms with Crippen molar-refractivity contribution in [2.24, 2.45) is 5.92 Å². The predicted molar refractivity (Wildman–Crippen MR) is 67.1 cm³/mol. The first-order valence-corrected chi connectivity index (χ1v) is 7.57. The minimum atomic E-state index is -4.05. The second kappa shape index (κ2) is 5.52. The van der Waals surface area contributed by atoms with Gasteiger partial charge in [-0.2, -0.15) is 0 Å². The zero-order valence-electron chi connectivity index (χ0n) is 10.5. The average Bonchev–Trinajstić information content (AvgIpc) is 2.35. The van der Waals surface area contributed by atoms with Crippen molar-refractivity contribution in [2.75, 3.05) is 13.1 Å². The maximum Gasteiger partial charge on any atom is 0.243 e. The Morgan fingerprint density at radius 3 is 2.79 bits per heavy atom. The van der Waals surface area contributed by atoms with Crippen molar-refractivity contribution in [3.63, 3.8) is 0 Å². The summed E-state index contributed by atoms with van der Waals surface area (Å²) < 4.78 is 53.2. The van der Waals surface area contributed by atoms with Crippen molar-refractivity contribution in [1.82, 2.24) is 10.0 Å². The molecule has 1 saturated heterocycles. The van der Waals surface area contributed by atoms with Gasteiger partial charge in [-0.1, -0.05) is 13.0 Å². The molecular formula is C12H16F2N2O2S. The van der Waals surface area contributed by atoms with E-state index in [0.29, 0.717) is 6.54 Å². The summed E-state index contributed by atoms with van der Waals surface area (Å²) in [6.45, 7) is 3.24. The number of hydrogen-bond donors (Lipinski definition) is 2. The Labute approximate surface area is 111 Å². The van der Waals surface area contributed by atoms with Crippen LogP contribution in [0.3, 0.4) is 0 Å². The molecule has 19 heavy (non-hydrogen) atoms. The molecule has 0 bridgehead atoms. The van der Waals surface area contributed by atoms with E-state index in [2.05, 4.69) is 10.0 Å². The van der Waals surface area contributed by atoms with Gasteiger partial charge in [-0.25, -0.2) is 21.9 Å². The van der Waals surface area contributed by atoms with E-state index in [1.807, 2.05) is 6.92 Å². The molecule has 0 aliphatic carbocycles. The lowest BCUT2D eigenvalue weighted by Crippen LogP contribution is -2.50. The van der Waals surface area contributed by atoms with Gasteiger partial charge in [0.2, 0.25) is 10.0 Å². The first-order chi connectivity index (χ1) is 8.92. The van der Waals surface area contributed by atoms with E-state index in [1.54, 1.807) is 0 Å². The van der Waals surface area contributed by atoms with Crippen molar-refractivity contribution in [1.29, 1.82) is 0 Å². The van der Waals surface area contributed by atoms with Crippen LogP contribution in [0, 0.1) is 17.6 Å². The number of halogens is 2. The first-order valence-electron chi connectivity index (χ1n) is 6.09. The minimum Gasteiger partial charge on any atom is -0.315 e. The summed E-state index contributed by atoms with van der Waals surface area (Å²) in [5.74, 6) is -2.36. The van der Waals surface area contributed by atoms with Gasteiger partial charge < -0.3 is 5.32 Å². The number of nitrogens with one attached hydrogen (secondary N) is 2. The normalized spacial score (nSPS) is 24.4. The van der Waals surface area contributed by atoms with E-state index in [1.165, 1.54) is 6.07 Å². The van der Waals surface area contributed by atoms with Gasteiger partial charge in [0, 0.05) is 12.6 Å². The lowest BCUT2D eigenvalue weighted by molar-refractivity contribution is 0.326. The van der Waals surface area contributed by atoms with Gasteiger partial charge in [0.1, 0.15) is 4.90 Å². The van der Waals surface area contributed by atoms with Crippen LogP contribution in [0.4, 0.5) is 8.78 Å². The number of benzene rings is 1. The van der Waals surface area contributed by atoms with Crippen LogP contribution in [-0.4, -0.2) is 27.5 Å². The predicted octanol–water partition coefficient (Wildman–Crippen LogP) is 1.24. The van der Waals surface area contributed by atoms with E-state index in [4.69, 9.17) is 0 Å². The molecule has 2 rings (SSSR count). The van der Waals surface area contributed by atoms with Crippen molar-refractivity contribution in [3.8, 4) is 0 Å². The van der Waals surface area contributed by atoms with Gasteiger partial charge >= 0.3 is 0 Å². The Bertz CT molecular complexity index is 563. The standard InChI is InChI=1S/C12H16F2N2O2S/c1-8-5-6-15-7-10(8)16-19(17,18)11-4-2-3-9(13)12(11)14/h2-4,8,10,15-16H,5-7H2,1H3. The molecule has 1 aromatic carbocycles. The Morgan fingerprint density at radius 2 is 2.11 bits per heavy atom. The molecule has 0 aromatic heterocycles. The third kappa shape index (κ3) is 3.10. The van der Waals surface area contributed by atoms with Crippen molar-refractivity contribution in [3.05, 3.63) is 29.8 Å². The number of piperidine rings is 1. The Kier molecular flexibility index (Phi) is 4.17. The fourth-order valence-corrected chi connectivity index (χ4v) is 3.53. The molecule has 1 aliphatic rings. The first kappa shape index (κ1) is 14.4. The molecule has 4 nitrogen and oxygen atoms in total. The zero-order valence-corrected chi connectivity index (χ0v) is 11.3. The molecule has 0 saturated carbocycles. The van der Waals surface area contributed by atoms with Crippen molar-refractivity contribution >= 4 is 10.0 Å². The van der Waals surface area contributed by atoms with Crippen LogP contribution >= 0.6 is 0 Å². The highest BCUT2D eigenvalue weighted by atomic mass is 32.2. The minimum absolute atomic E-state index is 0.146. The van der Waals surface area contributed by atoms with Crippen LogP contribution in [0.2, 0.25) is 0 Å². The van der Waals surface area contributed by atoms with Crippen molar-refractivity contribution < 1.29 is 17.2 Å². The fourth-order valence-electron chi connectivity index (χ4n) is 2.10. The average molecular weight is 290 g/mol. The SMILES string of the molecule is CC1CCNCC1NS(=O)(=O)c1cccc(F)c1F. The summed E-state index contributed by atoms with van der Waals surface area (Å²) >= 11 is 0. The molecular weight excluding hydrogens is 274 g/mol. The molecule has 0 spiro atoms. The summed E-state index contributed by atoms with van der Waals surface area (Å²) in [5, 5.41) is 3.07. The number of sulfonamides is 1. The fraction of sp³-hybridized carbons (Fsp3) is 0.500. The molecule has 2 atom stereocenters.